The number of amides is 1. The minimum atomic E-state index is 0.251. The maximum absolute atomic E-state index is 12.9. The maximum atomic E-state index is 12.9. The molecule has 170 valence electrons. The van der Waals surface area contributed by atoms with Crippen molar-refractivity contribution < 1.29 is 14.4 Å². The third-order valence-corrected chi connectivity index (χ3v) is 8.77. The normalized spacial score (nSPS) is 33.4. The van der Waals surface area contributed by atoms with E-state index in [2.05, 4.69) is 35.3 Å². The van der Waals surface area contributed by atoms with Gasteiger partial charge in [-0.3, -0.25) is 4.79 Å². The van der Waals surface area contributed by atoms with Crippen LogP contribution in [0.5, 0.6) is 5.75 Å². The summed E-state index contributed by atoms with van der Waals surface area (Å²) in [5.74, 6) is 4.02. The summed E-state index contributed by atoms with van der Waals surface area (Å²) in [6.07, 6.45) is 8.43. The monoisotopic (exact) mass is 426 g/mol. The molecule has 5 nitrogen and oxygen atoms in total. The number of nitrogens with zero attached hydrogens (tertiary/aromatic N) is 1. The average molecular weight is 427 g/mol. The van der Waals surface area contributed by atoms with Crippen LogP contribution in [0.15, 0.2) is 24.3 Å². The highest BCUT2D eigenvalue weighted by Gasteiger charge is 2.53. The predicted molar refractivity (Wildman–Crippen MR) is 124 cm³/mol. The molecule has 1 saturated heterocycles. The first-order chi connectivity index (χ1) is 15.0. The zero-order valence-corrected chi connectivity index (χ0v) is 19.4. The molecule has 0 unspecified atom stereocenters. The van der Waals surface area contributed by atoms with Crippen molar-refractivity contribution in [2.45, 2.75) is 58.4 Å². The summed E-state index contributed by atoms with van der Waals surface area (Å²) in [4.78, 5) is 16.8. The number of anilines is 1. The number of carbonyl (C=O) groups excluding carboxylic acids is 1. The standard InChI is InChI=1S/C26H39N3O2/c1-3-31-24-7-5-4-6-23(24)29-10-8-28(9-11-29)18-25(30)27-19(2)26-15-20-12-21(16-26)14-22(13-20)17-26/h4-7,19-22H,3,8-18H2,1-2H3,(H,27,30)/p+1/t19-,20?,21?,22?,26?/m0/s1. The Morgan fingerprint density at radius 2 is 1.74 bits per heavy atom. The van der Waals surface area contributed by atoms with Crippen LogP contribution in [-0.2, 0) is 4.79 Å². The van der Waals surface area contributed by atoms with Crippen molar-refractivity contribution in [2.75, 3.05) is 44.2 Å². The highest BCUT2D eigenvalue weighted by molar-refractivity contribution is 5.77. The van der Waals surface area contributed by atoms with Crippen LogP contribution in [0.1, 0.15) is 52.4 Å². The molecule has 1 aromatic carbocycles. The van der Waals surface area contributed by atoms with Gasteiger partial charge in [0, 0.05) is 6.04 Å². The Morgan fingerprint density at radius 1 is 1.13 bits per heavy atom. The zero-order chi connectivity index (χ0) is 21.4. The molecular weight excluding hydrogens is 386 g/mol. The smallest absolute Gasteiger partial charge is 0.275 e. The molecule has 6 rings (SSSR count). The molecule has 31 heavy (non-hydrogen) atoms. The van der Waals surface area contributed by atoms with E-state index in [4.69, 9.17) is 4.74 Å². The SMILES string of the molecule is CCOc1ccccc1N1CC[NH+](CC(=O)N[C@@H](C)C23CC4CC(CC(C4)C2)C3)CC1. The third-order valence-electron chi connectivity index (χ3n) is 8.77. The first-order valence-corrected chi connectivity index (χ1v) is 12.6. The van der Waals surface area contributed by atoms with Crippen LogP contribution in [-0.4, -0.2) is 51.3 Å². The van der Waals surface area contributed by atoms with Crippen molar-refractivity contribution in [1.29, 1.82) is 0 Å². The third kappa shape index (κ3) is 4.30. The molecule has 0 spiro atoms. The van der Waals surface area contributed by atoms with Crippen LogP contribution >= 0.6 is 0 Å². The molecular formula is C26H40N3O2+. The molecule has 2 N–H and O–H groups in total. The summed E-state index contributed by atoms with van der Waals surface area (Å²) >= 11 is 0. The van der Waals surface area contributed by atoms with Crippen molar-refractivity contribution in [3.63, 3.8) is 0 Å². The van der Waals surface area contributed by atoms with E-state index in [0.717, 1.165) is 49.7 Å². The highest BCUT2D eigenvalue weighted by atomic mass is 16.5. The minimum Gasteiger partial charge on any atom is -0.492 e. The molecule has 1 amide bonds. The lowest BCUT2D eigenvalue weighted by atomic mass is 9.48. The fourth-order valence-electron chi connectivity index (χ4n) is 7.62. The van der Waals surface area contributed by atoms with Gasteiger partial charge in [0.2, 0.25) is 0 Å². The summed E-state index contributed by atoms with van der Waals surface area (Å²) in [5, 5.41) is 3.46. The number of para-hydroxylation sites is 2. The lowest BCUT2D eigenvalue weighted by molar-refractivity contribution is -0.892. The molecule has 5 fully saturated rings. The Hall–Kier alpha value is -1.75. The number of hydrogen-bond acceptors (Lipinski definition) is 3. The number of ether oxygens (including phenoxy) is 1. The van der Waals surface area contributed by atoms with Crippen LogP contribution in [0, 0.1) is 23.2 Å². The summed E-state index contributed by atoms with van der Waals surface area (Å²) in [6.45, 7) is 9.56. The molecule has 0 aromatic heterocycles. The van der Waals surface area contributed by atoms with E-state index in [1.807, 2.05) is 13.0 Å². The average Bonchev–Trinajstić information content (AvgIpc) is 2.74. The Labute approximate surface area is 187 Å². The van der Waals surface area contributed by atoms with E-state index < -0.39 is 0 Å². The van der Waals surface area contributed by atoms with Crippen LogP contribution in [0.2, 0.25) is 0 Å². The number of quaternary nitrogens is 1. The first-order valence-electron chi connectivity index (χ1n) is 12.6. The van der Waals surface area contributed by atoms with Crippen molar-refractivity contribution >= 4 is 11.6 Å². The van der Waals surface area contributed by atoms with E-state index in [-0.39, 0.29) is 5.91 Å². The largest absolute Gasteiger partial charge is 0.492 e. The van der Waals surface area contributed by atoms with Gasteiger partial charge in [-0.2, -0.15) is 0 Å². The minimum absolute atomic E-state index is 0.251. The highest BCUT2D eigenvalue weighted by Crippen LogP contribution is 2.61. The molecule has 1 aliphatic heterocycles. The van der Waals surface area contributed by atoms with E-state index in [0.29, 0.717) is 24.6 Å². The molecule has 4 saturated carbocycles. The van der Waals surface area contributed by atoms with Gasteiger partial charge in [0.25, 0.3) is 5.91 Å². The Kier molecular flexibility index (Phi) is 5.89. The maximum Gasteiger partial charge on any atom is 0.275 e. The number of rotatable bonds is 7. The zero-order valence-electron chi connectivity index (χ0n) is 19.4. The fraction of sp³-hybridized carbons (Fsp3) is 0.731. The Morgan fingerprint density at radius 3 is 2.35 bits per heavy atom. The first kappa shape index (κ1) is 21.1. The van der Waals surface area contributed by atoms with E-state index in [1.165, 1.54) is 49.1 Å². The summed E-state index contributed by atoms with van der Waals surface area (Å²) < 4.78 is 5.81. The number of hydrogen-bond donors (Lipinski definition) is 2. The molecule has 1 atom stereocenters. The van der Waals surface area contributed by atoms with Gasteiger partial charge >= 0.3 is 0 Å². The van der Waals surface area contributed by atoms with Crippen molar-refractivity contribution in [2.24, 2.45) is 23.2 Å². The second kappa shape index (κ2) is 8.65. The molecule has 5 heteroatoms. The molecule has 1 aromatic rings. The van der Waals surface area contributed by atoms with Crippen molar-refractivity contribution in [3.05, 3.63) is 24.3 Å². The summed E-state index contributed by atoms with van der Waals surface area (Å²) in [7, 11) is 0. The van der Waals surface area contributed by atoms with Gasteiger partial charge in [-0.15, -0.1) is 0 Å². The number of benzene rings is 1. The quantitative estimate of drug-likeness (QED) is 0.704. The van der Waals surface area contributed by atoms with Gasteiger partial charge < -0.3 is 19.9 Å². The van der Waals surface area contributed by atoms with Gasteiger partial charge in [0.1, 0.15) is 5.75 Å². The molecule has 5 aliphatic rings. The van der Waals surface area contributed by atoms with Crippen molar-refractivity contribution in [1.82, 2.24) is 5.32 Å². The second-order valence-electron chi connectivity index (χ2n) is 10.9. The Bertz CT molecular complexity index is 751. The van der Waals surface area contributed by atoms with E-state index in [1.54, 1.807) is 0 Å². The van der Waals surface area contributed by atoms with Crippen molar-refractivity contribution in [3.8, 4) is 5.75 Å². The second-order valence-corrected chi connectivity index (χ2v) is 10.9. The van der Waals surface area contributed by atoms with Gasteiger partial charge in [-0.1, -0.05) is 12.1 Å². The van der Waals surface area contributed by atoms with Gasteiger partial charge in [0.05, 0.1) is 38.5 Å². The summed E-state index contributed by atoms with van der Waals surface area (Å²) in [5.41, 5.74) is 1.57. The number of piperazine rings is 1. The summed E-state index contributed by atoms with van der Waals surface area (Å²) in [6, 6.07) is 8.64. The van der Waals surface area contributed by atoms with Gasteiger partial charge in [0.15, 0.2) is 6.54 Å². The fourth-order valence-corrected chi connectivity index (χ4v) is 7.62. The Balaban J connectivity index is 1.12. The van der Waals surface area contributed by atoms with Crippen LogP contribution in [0.25, 0.3) is 0 Å². The van der Waals surface area contributed by atoms with Gasteiger partial charge in [-0.25, -0.2) is 0 Å². The molecule has 4 aliphatic carbocycles. The number of nitrogens with one attached hydrogen (secondary N) is 2. The lowest BCUT2D eigenvalue weighted by Crippen LogP contribution is -3.16. The van der Waals surface area contributed by atoms with Crippen LogP contribution in [0.4, 0.5) is 5.69 Å². The van der Waals surface area contributed by atoms with Crippen LogP contribution < -0.4 is 19.9 Å². The van der Waals surface area contributed by atoms with Crippen LogP contribution in [0.3, 0.4) is 0 Å². The molecule has 1 heterocycles. The van der Waals surface area contributed by atoms with E-state index in [9.17, 15) is 4.79 Å². The predicted octanol–water partition coefficient (Wildman–Crippen LogP) is 2.51. The van der Waals surface area contributed by atoms with Gasteiger partial charge in [-0.05, 0) is 87.7 Å². The molecule has 0 radical (unpaired) electrons. The molecule has 4 bridgehead atoms. The lowest BCUT2D eigenvalue weighted by Gasteiger charge is -2.59. The topological polar surface area (TPSA) is 46.0 Å². The number of carbonyl (C=O) groups is 1. The van der Waals surface area contributed by atoms with E-state index >= 15 is 0 Å².